The molecule has 1 aromatic carbocycles. The number of carbonyl (C=O) groups is 2. The van der Waals surface area contributed by atoms with E-state index < -0.39 is 11.7 Å². The van der Waals surface area contributed by atoms with Gasteiger partial charge < -0.3 is 10.2 Å². The smallest absolute Gasteiger partial charge is 0.351 e. The van der Waals surface area contributed by atoms with Gasteiger partial charge in [-0.15, -0.1) is 0 Å². The normalized spacial score (nSPS) is 20.3. The zero-order chi connectivity index (χ0) is 17.5. The molecule has 4 nitrogen and oxygen atoms in total. The molecule has 2 aliphatic heterocycles. The van der Waals surface area contributed by atoms with Crippen molar-refractivity contribution in [2.75, 3.05) is 13.1 Å². The third-order valence-electron chi connectivity index (χ3n) is 5.04. The second-order valence-electron chi connectivity index (χ2n) is 6.65. The summed E-state index contributed by atoms with van der Waals surface area (Å²) in [5.41, 5.74) is -0.428. The number of amides is 2. The molecule has 24 heavy (non-hydrogen) atoms. The van der Waals surface area contributed by atoms with Crippen LogP contribution in [0.3, 0.4) is 0 Å². The maximum atomic E-state index is 12.9. The molecule has 2 heterocycles. The van der Waals surface area contributed by atoms with E-state index in [2.05, 4.69) is 5.32 Å². The van der Waals surface area contributed by atoms with Gasteiger partial charge in [0.25, 0.3) is 5.91 Å². The summed E-state index contributed by atoms with van der Waals surface area (Å²) in [5.74, 6) is -0.346. The van der Waals surface area contributed by atoms with Crippen LogP contribution < -0.4 is 5.32 Å². The Bertz CT molecular complexity index is 677. The molecule has 1 N–H and O–H groups in total. The van der Waals surface area contributed by atoms with E-state index in [1.165, 1.54) is 6.07 Å². The molecule has 0 radical (unpaired) electrons. The van der Waals surface area contributed by atoms with Gasteiger partial charge in [-0.05, 0) is 43.9 Å². The number of hydrogen-bond acceptors (Lipinski definition) is 2. The zero-order valence-corrected chi connectivity index (χ0v) is 13.4. The minimum atomic E-state index is -4.47. The van der Waals surface area contributed by atoms with Crippen LogP contribution in [0.4, 0.5) is 13.2 Å². The summed E-state index contributed by atoms with van der Waals surface area (Å²) < 4.78 is 38.6. The Morgan fingerprint density at radius 1 is 1.21 bits per heavy atom. The lowest BCUT2D eigenvalue weighted by Crippen LogP contribution is -2.52. The van der Waals surface area contributed by atoms with Gasteiger partial charge in [0.2, 0.25) is 5.91 Å². The van der Waals surface area contributed by atoms with E-state index in [4.69, 9.17) is 0 Å². The van der Waals surface area contributed by atoms with Gasteiger partial charge in [-0.3, -0.25) is 9.59 Å². The highest BCUT2D eigenvalue weighted by atomic mass is 19.4. The number of nitrogens with zero attached hydrogens (tertiary/aromatic N) is 1. The van der Waals surface area contributed by atoms with Crippen molar-refractivity contribution in [3.8, 4) is 0 Å². The first kappa shape index (κ1) is 16.8. The van der Waals surface area contributed by atoms with Gasteiger partial charge in [0, 0.05) is 30.6 Å². The van der Waals surface area contributed by atoms with Gasteiger partial charge in [0.05, 0.1) is 5.56 Å². The lowest BCUT2D eigenvalue weighted by atomic mass is 9.86. The maximum absolute atomic E-state index is 12.9. The number of halogens is 3. The van der Waals surface area contributed by atoms with Crippen LogP contribution >= 0.6 is 0 Å². The van der Waals surface area contributed by atoms with E-state index in [0.717, 1.165) is 18.6 Å². The Balaban J connectivity index is 1.75. The monoisotopic (exact) mass is 340 g/mol. The highest BCUT2D eigenvalue weighted by Crippen LogP contribution is 2.33. The summed E-state index contributed by atoms with van der Waals surface area (Å²) >= 11 is 0. The first-order valence-corrected chi connectivity index (χ1v) is 7.98. The Morgan fingerprint density at radius 3 is 2.42 bits per heavy atom. The van der Waals surface area contributed by atoms with Gasteiger partial charge >= 0.3 is 6.18 Å². The van der Waals surface area contributed by atoms with E-state index in [-0.39, 0.29) is 22.9 Å². The second-order valence-corrected chi connectivity index (χ2v) is 6.65. The molecule has 0 unspecified atom stereocenters. The van der Waals surface area contributed by atoms with Crippen molar-refractivity contribution in [3.05, 3.63) is 34.9 Å². The summed E-state index contributed by atoms with van der Waals surface area (Å²) in [5, 5.41) is 2.98. The predicted octanol–water partition coefficient (Wildman–Crippen LogP) is 2.90. The summed E-state index contributed by atoms with van der Waals surface area (Å²) in [6.07, 6.45) is -1.93. The number of piperidine rings is 1. The van der Waals surface area contributed by atoms with Crippen LogP contribution in [0, 0.1) is 6.92 Å². The van der Waals surface area contributed by atoms with Crippen molar-refractivity contribution in [3.63, 3.8) is 0 Å². The molecule has 130 valence electrons. The van der Waals surface area contributed by atoms with Crippen LogP contribution in [0.1, 0.15) is 47.2 Å². The lowest BCUT2D eigenvalue weighted by molar-refractivity contribution is -0.137. The van der Waals surface area contributed by atoms with Crippen molar-refractivity contribution in [2.45, 2.75) is 44.3 Å². The Labute approximate surface area is 138 Å². The third kappa shape index (κ3) is 3.12. The first-order chi connectivity index (χ1) is 11.2. The fourth-order valence-corrected chi connectivity index (χ4v) is 3.49. The third-order valence-corrected chi connectivity index (χ3v) is 5.04. The average molecular weight is 340 g/mol. The van der Waals surface area contributed by atoms with Crippen LogP contribution in [0.15, 0.2) is 18.2 Å². The summed E-state index contributed by atoms with van der Waals surface area (Å²) in [6, 6.07) is 3.25. The number of rotatable bonds is 1. The van der Waals surface area contributed by atoms with Crippen LogP contribution in [-0.2, 0) is 11.0 Å². The van der Waals surface area contributed by atoms with Gasteiger partial charge in [0.1, 0.15) is 0 Å². The largest absolute Gasteiger partial charge is 0.416 e. The molecule has 2 aliphatic rings. The number of aryl methyl sites for hydroxylation is 1. The lowest BCUT2D eigenvalue weighted by Gasteiger charge is -2.39. The van der Waals surface area contributed by atoms with Crippen molar-refractivity contribution in [1.29, 1.82) is 0 Å². The predicted molar refractivity (Wildman–Crippen MR) is 81.4 cm³/mol. The Morgan fingerprint density at radius 2 is 1.88 bits per heavy atom. The zero-order valence-electron chi connectivity index (χ0n) is 13.4. The number of alkyl halides is 3. The maximum Gasteiger partial charge on any atom is 0.416 e. The van der Waals surface area contributed by atoms with Crippen LogP contribution in [-0.4, -0.2) is 35.3 Å². The molecule has 3 rings (SSSR count). The molecule has 2 saturated heterocycles. The minimum Gasteiger partial charge on any atom is -0.351 e. The summed E-state index contributed by atoms with van der Waals surface area (Å²) in [4.78, 5) is 25.7. The molecule has 2 amide bonds. The van der Waals surface area contributed by atoms with Crippen molar-refractivity contribution < 1.29 is 22.8 Å². The van der Waals surface area contributed by atoms with Crippen molar-refractivity contribution in [1.82, 2.24) is 10.2 Å². The van der Waals surface area contributed by atoms with Gasteiger partial charge in [-0.2, -0.15) is 13.2 Å². The number of benzene rings is 1. The Kier molecular flexibility index (Phi) is 4.05. The summed E-state index contributed by atoms with van der Waals surface area (Å²) in [6.45, 7) is 2.51. The summed E-state index contributed by atoms with van der Waals surface area (Å²) in [7, 11) is 0. The highest BCUT2D eigenvalue weighted by Gasteiger charge is 2.41. The average Bonchev–Trinajstić information content (AvgIpc) is 2.87. The quantitative estimate of drug-likeness (QED) is 0.855. The standard InChI is InChI=1S/C17H19F3N2O2/c1-11-2-3-12(17(18,19)20)10-13(11)15(24)22-8-6-16(7-9-22)5-4-14(23)21-16/h2-3,10H,4-9H2,1H3,(H,21,23). The van der Waals surface area contributed by atoms with Gasteiger partial charge in [0.15, 0.2) is 0 Å². The molecular weight excluding hydrogens is 321 g/mol. The molecule has 0 aliphatic carbocycles. The number of hydrogen-bond donors (Lipinski definition) is 1. The molecule has 0 aromatic heterocycles. The molecule has 0 atom stereocenters. The van der Waals surface area contributed by atoms with Crippen LogP contribution in [0.5, 0.6) is 0 Å². The van der Waals surface area contributed by atoms with Gasteiger partial charge in [-0.1, -0.05) is 6.07 Å². The van der Waals surface area contributed by atoms with Crippen molar-refractivity contribution in [2.24, 2.45) is 0 Å². The topological polar surface area (TPSA) is 49.4 Å². The van der Waals surface area contributed by atoms with Gasteiger partial charge in [-0.25, -0.2) is 0 Å². The molecule has 1 spiro atoms. The minimum absolute atomic E-state index is 0.0310. The SMILES string of the molecule is Cc1ccc(C(F)(F)F)cc1C(=O)N1CCC2(CCC(=O)N2)CC1. The molecular formula is C17H19F3N2O2. The molecule has 0 bridgehead atoms. The second kappa shape index (κ2) is 5.79. The number of carbonyl (C=O) groups excluding carboxylic acids is 2. The molecule has 0 saturated carbocycles. The van der Waals surface area contributed by atoms with E-state index in [0.29, 0.717) is 37.9 Å². The van der Waals surface area contributed by atoms with Crippen molar-refractivity contribution >= 4 is 11.8 Å². The van der Waals surface area contributed by atoms with E-state index in [1.807, 2.05) is 0 Å². The molecule has 2 fully saturated rings. The van der Waals surface area contributed by atoms with E-state index in [9.17, 15) is 22.8 Å². The number of nitrogens with one attached hydrogen (secondary N) is 1. The molecule has 7 heteroatoms. The highest BCUT2D eigenvalue weighted by molar-refractivity contribution is 5.96. The fourth-order valence-electron chi connectivity index (χ4n) is 3.49. The Hall–Kier alpha value is -2.05. The molecule has 1 aromatic rings. The van der Waals surface area contributed by atoms with E-state index >= 15 is 0 Å². The van der Waals surface area contributed by atoms with Crippen LogP contribution in [0.2, 0.25) is 0 Å². The fraction of sp³-hybridized carbons (Fsp3) is 0.529. The first-order valence-electron chi connectivity index (χ1n) is 7.98. The van der Waals surface area contributed by atoms with Crippen LogP contribution in [0.25, 0.3) is 0 Å². The number of likely N-dealkylation sites (tertiary alicyclic amines) is 1. The van der Waals surface area contributed by atoms with E-state index in [1.54, 1.807) is 11.8 Å².